The van der Waals surface area contributed by atoms with E-state index in [1.807, 2.05) is 49.4 Å². The first-order valence-corrected chi connectivity index (χ1v) is 10.1. The summed E-state index contributed by atoms with van der Waals surface area (Å²) < 4.78 is 0. The summed E-state index contributed by atoms with van der Waals surface area (Å²) in [5.41, 5.74) is 2.00. The molecule has 0 saturated heterocycles. The van der Waals surface area contributed by atoms with Gasteiger partial charge in [-0.05, 0) is 53.7 Å². The zero-order chi connectivity index (χ0) is 22.2. The molecule has 3 rings (SSSR count). The van der Waals surface area contributed by atoms with Gasteiger partial charge in [-0.15, -0.1) is 0 Å². The number of rotatable bonds is 8. The van der Waals surface area contributed by atoms with Crippen LogP contribution in [-0.4, -0.2) is 42.3 Å². The van der Waals surface area contributed by atoms with Gasteiger partial charge in [-0.1, -0.05) is 37.3 Å². The molecular weight excluding hydrogens is 392 g/mol. The van der Waals surface area contributed by atoms with Crippen LogP contribution in [0.1, 0.15) is 13.8 Å². The second-order valence-electron chi connectivity index (χ2n) is 7.22. The first kappa shape index (κ1) is 22.0. The predicted molar refractivity (Wildman–Crippen MR) is 124 cm³/mol. The smallest absolute Gasteiger partial charge is 0.238 e. The first-order chi connectivity index (χ1) is 14.9. The van der Waals surface area contributed by atoms with Crippen molar-refractivity contribution in [2.75, 3.05) is 35.6 Å². The number of amides is 3. The fraction of sp³-hybridized carbons (Fsp3) is 0.208. The van der Waals surface area contributed by atoms with Gasteiger partial charge in [0, 0.05) is 24.0 Å². The maximum atomic E-state index is 12.5. The first-order valence-electron chi connectivity index (χ1n) is 10.1. The molecule has 0 heterocycles. The van der Waals surface area contributed by atoms with E-state index in [-0.39, 0.29) is 30.8 Å². The molecule has 0 spiro atoms. The second-order valence-corrected chi connectivity index (χ2v) is 7.22. The average molecular weight is 418 g/mol. The Morgan fingerprint density at radius 1 is 0.710 bits per heavy atom. The zero-order valence-corrected chi connectivity index (χ0v) is 17.6. The number of fused-ring (bicyclic) bond motifs is 1. The summed E-state index contributed by atoms with van der Waals surface area (Å²) in [6, 6.07) is 20.6. The Labute approximate surface area is 181 Å². The fourth-order valence-electron chi connectivity index (χ4n) is 3.19. The van der Waals surface area contributed by atoms with E-state index < -0.39 is 0 Å². The molecule has 160 valence electrons. The van der Waals surface area contributed by atoms with Gasteiger partial charge in [-0.2, -0.15) is 0 Å². The predicted octanol–water partition coefficient (Wildman–Crippen LogP) is 3.70. The second kappa shape index (κ2) is 10.4. The van der Waals surface area contributed by atoms with E-state index in [0.29, 0.717) is 17.9 Å². The molecule has 7 heteroatoms. The van der Waals surface area contributed by atoms with Crippen molar-refractivity contribution in [2.45, 2.75) is 13.8 Å². The number of carbonyl (C=O) groups excluding carboxylic acids is 3. The lowest BCUT2D eigenvalue weighted by atomic mass is 10.1. The van der Waals surface area contributed by atoms with E-state index in [1.54, 1.807) is 29.2 Å². The normalized spacial score (nSPS) is 10.7. The summed E-state index contributed by atoms with van der Waals surface area (Å²) >= 11 is 0. The van der Waals surface area contributed by atoms with Crippen molar-refractivity contribution < 1.29 is 14.4 Å². The highest BCUT2D eigenvalue weighted by molar-refractivity contribution is 5.96. The number of nitrogens with one attached hydrogen (secondary N) is 3. The molecule has 7 nitrogen and oxygen atoms in total. The molecule has 0 fully saturated rings. The highest BCUT2D eigenvalue weighted by Crippen LogP contribution is 2.19. The van der Waals surface area contributed by atoms with Gasteiger partial charge in [0.05, 0.1) is 13.1 Å². The highest BCUT2D eigenvalue weighted by atomic mass is 16.2. The molecule has 0 aliphatic carbocycles. The Morgan fingerprint density at radius 3 is 1.81 bits per heavy atom. The standard InChI is InChI=1S/C24H26N4O3/c1-3-28(15-23(30)26-21-12-10-20(11-13-21)25-17(2)29)16-24(31)27-22-9-8-18-6-4-5-7-19(18)14-22/h4-14H,3,15-16H2,1-2H3,(H,25,29)(H,26,30)(H,27,31). The van der Waals surface area contributed by atoms with Gasteiger partial charge in [-0.25, -0.2) is 0 Å². The average Bonchev–Trinajstić information content (AvgIpc) is 2.74. The number of carbonyl (C=O) groups is 3. The molecule has 0 bridgehead atoms. The third-order valence-electron chi connectivity index (χ3n) is 4.70. The number of hydrogen-bond acceptors (Lipinski definition) is 4. The van der Waals surface area contributed by atoms with Crippen molar-refractivity contribution >= 4 is 45.6 Å². The molecule has 3 amide bonds. The molecule has 3 N–H and O–H groups in total. The number of anilines is 3. The summed E-state index contributed by atoms with van der Waals surface area (Å²) in [5.74, 6) is -0.547. The summed E-state index contributed by atoms with van der Waals surface area (Å²) in [5, 5.41) is 10.5. The summed E-state index contributed by atoms with van der Waals surface area (Å²) in [6.07, 6.45) is 0. The molecule has 3 aromatic carbocycles. The Kier molecular flexibility index (Phi) is 7.35. The fourth-order valence-corrected chi connectivity index (χ4v) is 3.19. The van der Waals surface area contributed by atoms with E-state index in [0.717, 1.165) is 16.5 Å². The van der Waals surface area contributed by atoms with Gasteiger partial charge in [0.15, 0.2) is 0 Å². The van der Waals surface area contributed by atoms with Gasteiger partial charge in [0.25, 0.3) is 0 Å². The molecule has 0 aliphatic heterocycles. The van der Waals surface area contributed by atoms with Crippen LogP contribution in [0.5, 0.6) is 0 Å². The zero-order valence-electron chi connectivity index (χ0n) is 17.6. The van der Waals surface area contributed by atoms with Crippen LogP contribution in [-0.2, 0) is 14.4 Å². The lowest BCUT2D eigenvalue weighted by Crippen LogP contribution is -2.38. The maximum Gasteiger partial charge on any atom is 0.238 e. The van der Waals surface area contributed by atoms with Crippen LogP contribution < -0.4 is 16.0 Å². The quantitative estimate of drug-likeness (QED) is 0.520. The van der Waals surface area contributed by atoms with Crippen molar-refractivity contribution in [2.24, 2.45) is 0 Å². The Hall–Kier alpha value is -3.71. The van der Waals surface area contributed by atoms with Gasteiger partial charge >= 0.3 is 0 Å². The summed E-state index contributed by atoms with van der Waals surface area (Å²) in [6.45, 7) is 4.09. The van der Waals surface area contributed by atoms with Crippen LogP contribution in [0.4, 0.5) is 17.1 Å². The third kappa shape index (κ3) is 6.65. The van der Waals surface area contributed by atoms with Crippen molar-refractivity contribution in [3.8, 4) is 0 Å². The van der Waals surface area contributed by atoms with Crippen LogP contribution in [0.15, 0.2) is 66.7 Å². The van der Waals surface area contributed by atoms with E-state index >= 15 is 0 Å². The number of hydrogen-bond donors (Lipinski definition) is 3. The topological polar surface area (TPSA) is 90.5 Å². The molecule has 31 heavy (non-hydrogen) atoms. The van der Waals surface area contributed by atoms with Crippen molar-refractivity contribution in [1.29, 1.82) is 0 Å². The third-order valence-corrected chi connectivity index (χ3v) is 4.70. The summed E-state index contributed by atoms with van der Waals surface area (Å²) in [7, 11) is 0. The van der Waals surface area contributed by atoms with Crippen LogP contribution in [0.25, 0.3) is 10.8 Å². The Balaban J connectivity index is 1.51. The van der Waals surface area contributed by atoms with Crippen molar-refractivity contribution in [3.63, 3.8) is 0 Å². The Bertz CT molecular complexity index is 1080. The van der Waals surface area contributed by atoms with Gasteiger partial charge in [0.2, 0.25) is 17.7 Å². The largest absolute Gasteiger partial charge is 0.326 e. The summed E-state index contributed by atoms with van der Waals surface area (Å²) in [4.78, 5) is 37.7. The van der Waals surface area contributed by atoms with Gasteiger partial charge < -0.3 is 16.0 Å². The molecule has 0 radical (unpaired) electrons. The minimum atomic E-state index is -0.215. The minimum Gasteiger partial charge on any atom is -0.326 e. The van der Waals surface area contributed by atoms with Gasteiger partial charge in [-0.3, -0.25) is 19.3 Å². The van der Waals surface area contributed by atoms with E-state index in [4.69, 9.17) is 0 Å². The lowest BCUT2D eigenvalue weighted by molar-refractivity contribution is -0.120. The van der Waals surface area contributed by atoms with Crippen LogP contribution in [0, 0.1) is 0 Å². The molecule has 0 aromatic heterocycles. The molecule has 0 atom stereocenters. The SMILES string of the molecule is CCN(CC(=O)Nc1ccc(NC(C)=O)cc1)CC(=O)Nc1ccc2ccccc2c1. The van der Waals surface area contributed by atoms with Gasteiger partial charge in [0.1, 0.15) is 0 Å². The molecule has 3 aromatic rings. The maximum absolute atomic E-state index is 12.5. The van der Waals surface area contributed by atoms with E-state index in [2.05, 4.69) is 16.0 Å². The highest BCUT2D eigenvalue weighted by Gasteiger charge is 2.14. The molecule has 0 saturated carbocycles. The molecular formula is C24H26N4O3. The van der Waals surface area contributed by atoms with Crippen molar-refractivity contribution in [3.05, 3.63) is 66.7 Å². The number of nitrogens with zero attached hydrogens (tertiary/aromatic N) is 1. The molecule has 0 aliphatic rings. The van der Waals surface area contributed by atoms with Crippen LogP contribution in [0.2, 0.25) is 0 Å². The van der Waals surface area contributed by atoms with Crippen molar-refractivity contribution in [1.82, 2.24) is 4.90 Å². The number of benzene rings is 3. The van der Waals surface area contributed by atoms with Crippen LogP contribution >= 0.6 is 0 Å². The minimum absolute atomic E-state index is 0.0923. The number of likely N-dealkylation sites (N-methyl/N-ethyl adjacent to an activating group) is 1. The van der Waals surface area contributed by atoms with Crippen LogP contribution in [0.3, 0.4) is 0 Å². The molecule has 0 unspecified atom stereocenters. The van der Waals surface area contributed by atoms with E-state index in [1.165, 1.54) is 6.92 Å². The van der Waals surface area contributed by atoms with E-state index in [9.17, 15) is 14.4 Å². The Morgan fingerprint density at radius 2 is 1.23 bits per heavy atom. The lowest BCUT2D eigenvalue weighted by Gasteiger charge is -2.19. The monoisotopic (exact) mass is 418 g/mol.